The van der Waals surface area contributed by atoms with Crippen molar-refractivity contribution in [2.75, 3.05) is 18.0 Å². The molecule has 1 unspecified atom stereocenters. The molecule has 18 heavy (non-hydrogen) atoms. The molecule has 2 amide bonds. The highest BCUT2D eigenvalue weighted by Crippen LogP contribution is 2.36. The van der Waals surface area contributed by atoms with Crippen LogP contribution in [0.1, 0.15) is 24.1 Å². The summed E-state index contributed by atoms with van der Waals surface area (Å²) in [5.74, 6) is -0.622. The molecule has 3 N–H and O–H groups in total. The molecule has 0 saturated carbocycles. The Bertz CT molecular complexity index is 499. The summed E-state index contributed by atoms with van der Waals surface area (Å²) in [6.07, 6.45) is 0. The van der Waals surface area contributed by atoms with Crippen LogP contribution < -0.4 is 16.0 Å². The molecule has 1 aromatic carbocycles. The van der Waals surface area contributed by atoms with E-state index in [0.29, 0.717) is 6.54 Å². The van der Waals surface area contributed by atoms with Gasteiger partial charge in [-0.05, 0) is 19.5 Å². The molecule has 0 radical (unpaired) electrons. The molecule has 0 aliphatic carbocycles. The van der Waals surface area contributed by atoms with Crippen molar-refractivity contribution in [3.8, 4) is 0 Å². The fraction of sp³-hybridized carbons (Fsp3) is 0.385. The normalized spacial score (nSPS) is 18.0. The molecule has 1 aliphatic heterocycles. The number of likely N-dealkylation sites (N-methyl/N-ethyl adjacent to an activating group) is 1. The van der Waals surface area contributed by atoms with E-state index in [1.807, 2.05) is 32.0 Å². The van der Waals surface area contributed by atoms with Gasteiger partial charge in [-0.1, -0.05) is 24.6 Å². The molecule has 0 aromatic heterocycles. The first kappa shape index (κ1) is 12.6. The molecule has 1 heterocycles. The number of hydrogen-bond acceptors (Lipinski definition) is 3. The molecule has 0 fully saturated rings. The second-order valence-corrected chi connectivity index (χ2v) is 4.44. The topological polar surface area (TPSA) is 75.4 Å². The van der Waals surface area contributed by atoms with Gasteiger partial charge in [0, 0.05) is 11.3 Å². The van der Waals surface area contributed by atoms with Crippen LogP contribution in [-0.2, 0) is 9.59 Å². The fourth-order valence-electron chi connectivity index (χ4n) is 2.28. The molecule has 1 aliphatic rings. The third-order valence-electron chi connectivity index (χ3n) is 3.02. The SMILES string of the molecule is CCNC1C(=O)N(CC(N)=O)c2ccc(C)cc21. The summed E-state index contributed by atoms with van der Waals surface area (Å²) in [6.45, 7) is 4.54. The van der Waals surface area contributed by atoms with Crippen LogP contribution in [0.25, 0.3) is 0 Å². The quantitative estimate of drug-likeness (QED) is 0.812. The number of carbonyl (C=O) groups excluding carboxylic acids is 2. The van der Waals surface area contributed by atoms with Gasteiger partial charge in [0.2, 0.25) is 11.8 Å². The number of primary amides is 1. The summed E-state index contributed by atoms with van der Waals surface area (Å²) in [4.78, 5) is 24.8. The van der Waals surface area contributed by atoms with Crippen molar-refractivity contribution in [3.05, 3.63) is 29.3 Å². The second-order valence-electron chi connectivity index (χ2n) is 4.44. The van der Waals surface area contributed by atoms with Gasteiger partial charge in [-0.2, -0.15) is 0 Å². The molecule has 0 spiro atoms. The third kappa shape index (κ3) is 2.09. The van der Waals surface area contributed by atoms with Crippen LogP contribution >= 0.6 is 0 Å². The molecule has 0 saturated heterocycles. The minimum Gasteiger partial charge on any atom is -0.368 e. The third-order valence-corrected chi connectivity index (χ3v) is 3.02. The van der Waals surface area contributed by atoms with Crippen LogP contribution in [0.15, 0.2) is 18.2 Å². The number of amides is 2. The number of nitrogens with two attached hydrogens (primary N) is 1. The summed E-state index contributed by atoms with van der Waals surface area (Å²) in [6, 6.07) is 5.39. The second kappa shape index (κ2) is 4.78. The zero-order valence-corrected chi connectivity index (χ0v) is 10.6. The Balaban J connectivity index is 2.43. The van der Waals surface area contributed by atoms with E-state index < -0.39 is 5.91 Å². The maximum atomic E-state index is 12.3. The van der Waals surface area contributed by atoms with Crippen molar-refractivity contribution in [3.63, 3.8) is 0 Å². The van der Waals surface area contributed by atoms with Crippen LogP contribution in [0, 0.1) is 6.92 Å². The Morgan fingerprint density at radius 2 is 2.22 bits per heavy atom. The minimum absolute atomic E-state index is 0.0726. The first-order valence-electron chi connectivity index (χ1n) is 5.98. The van der Waals surface area contributed by atoms with Gasteiger partial charge < -0.3 is 16.0 Å². The van der Waals surface area contributed by atoms with Crippen molar-refractivity contribution in [1.29, 1.82) is 0 Å². The average molecular weight is 247 g/mol. The molecular formula is C13H17N3O2. The Hall–Kier alpha value is -1.88. The number of benzene rings is 1. The number of nitrogens with one attached hydrogen (secondary N) is 1. The zero-order valence-electron chi connectivity index (χ0n) is 10.6. The van der Waals surface area contributed by atoms with E-state index in [9.17, 15) is 9.59 Å². The molecule has 96 valence electrons. The van der Waals surface area contributed by atoms with Crippen molar-refractivity contribution < 1.29 is 9.59 Å². The van der Waals surface area contributed by atoms with Crippen LogP contribution in [0.4, 0.5) is 5.69 Å². The highest BCUT2D eigenvalue weighted by molar-refractivity contribution is 6.07. The highest BCUT2D eigenvalue weighted by atomic mass is 16.2. The van der Waals surface area contributed by atoms with Gasteiger partial charge in [0.25, 0.3) is 0 Å². The van der Waals surface area contributed by atoms with Crippen LogP contribution in [0.3, 0.4) is 0 Å². The zero-order chi connectivity index (χ0) is 13.3. The van der Waals surface area contributed by atoms with Crippen molar-refractivity contribution in [1.82, 2.24) is 5.32 Å². The average Bonchev–Trinajstić information content (AvgIpc) is 2.54. The van der Waals surface area contributed by atoms with E-state index in [-0.39, 0.29) is 18.5 Å². The monoisotopic (exact) mass is 247 g/mol. The summed E-state index contributed by atoms with van der Waals surface area (Å²) in [5, 5.41) is 3.14. The standard InChI is InChI=1S/C13H17N3O2/c1-3-15-12-9-6-8(2)4-5-10(9)16(13(12)18)7-11(14)17/h4-6,12,15H,3,7H2,1-2H3,(H2,14,17). The molecule has 1 atom stereocenters. The summed E-state index contributed by atoms with van der Waals surface area (Å²) in [7, 11) is 0. The predicted molar refractivity (Wildman–Crippen MR) is 69.1 cm³/mol. The number of rotatable bonds is 4. The summed E-state index contributed by atoms with van der Waals surface area (Å²) in [5.41, 5.74) is 7.97. The number of carbonyl (C=O) groups is 2. The molecule has 2 rings (SSSR count). The van der Waals surface area contributed by atoms with E-state index in [4.69, 9.17) is 5.73 Å². The van der Waals surface area contributed by atoms with Gasteiger partial charge in [0.15, 0.2) is 0 Å². The van der Waals surface area contributed by atoms with E-state index in [1.54, 1.807) is 0 Å². The molecule has 1 aromatic rings. The van der Waals surface area contributed by atoms with Crippen molar-refractivity contribution >= 4 is 17.5 Å². The Morgan fingerprint density at radius 1 is 1.50 bits per heavy atom. The smallest absolute Gasteiger partial charge is 0.249 e. The number of nitrogens with zero attached hydrogens (tertiary/aromatic N) is 1. The number of aryl methyl sites for hydroxylation is 1. The van der Waals surface area contributed by atoms with Gasteiger partial charge in [-0.15, -0.1) is 0 Å². The number of fused-ring (bicyclic) bond motifs is 1. The van der Waals surface area contributed by atoms with Crippen LogP contribution in [0.5, 0.6) is 0 Å². The number of hydrogen-bond donors (Lipinski definition) is 2. The van der Waals surface area contributed by atoms with Crippen molar-refractivity contribution in [2.45, 2.75) is 19.9 Å². The lowest BCUT2D eigenvalue weighted by Crippen LogP contribution is -2.39. The summed E-state index contributed by atoms with van der Waals surface area (Å²) >= 11 is 0. The fourth-order valence-corrected chi connectivity index (χ4v) is 2.28. The number of anilines is 1. The molecule has 0 bridgehead atoms. The van der Waals surface area contributed by atoms with E-state index in [0.717, 1.165) is 16.8 Å². The van der Waals surface area contributed by atoms with Gasteiger partial charge in [-0.3, -0.25) is 9.59 Å². The molecular weight excluding hydrogens is 230 g/mol. The largest absolute Gasteiger partial charge is 0.368 e. The van der Waals surface area contributed by atoms with Gasteiger partial charge in [0.1, 0.15) is 12.6 Å². The molecule has 5 heteroatoms. The lowest BCUT2D eigenvalue weighted by atomic mass is 10.1. The van der Waals surface area contributed by atoms with E-state index in [1.165, 1.54) is 4.90 Å². The Kier molecular flexibility index (Phi) is 3.34. The van der Waals surface area contributed by atoms with Gasteiger partial charge in [0.05, 0.1) is 0 Å². The van der Waals surface area contributed by atoms with Crippen LogP contribution in [0.2, 0.25) is 0 Å². The maximum absolute atomic E-state index is 12.3. The summed E-state index contributed by atoms with van der Waals surface area (Å²) < 4.78 is 0. The van der Waals surface area contributed by atoms with E-state index >= 15 is 0 Å². The Labute approximate surface area is 106 Å². The lowest BCUT2D eigenvalue weighted by molar-refractivity contribution is -0.123. The van der Waals surface area contributed by atoms with E-state index in [2.05, 4.69) is 5.32 Å². The van der Waals surface area contributed by atoms with Gasteiger partial charge >= 0.3 is 0 Å². The lowest BCUT2D eigenvalue weighted by Gasteiger charge is -2.15. The minimum atomic E-state index is -0.507. The first-order valence-corrected chi connectivity index (χ1v) is 5.98. The first-order chi connectivity index (χ1) is 8.54. The highest BCUT2D eigenvalue weighted by Gasteiger charge is 2.37. The van der Waals surface area contributed by atoms with Crippen molar-refractivity contribution in [2.24, 2.45) is 5.73 Å². The van der Waals surface area contributed by atoms with Crippen LogP contribution in [-0.4, -0.2) is 24.9 Å². The Morgan fingerprint density at radius 3 is 2.83 bits per heavy atom. The predicted octanol–water partition coefficient (Wildman–Crippen LogP) is 0.478. The maximum Gasteiger partial charge on any atom is 0.249 e. The molecule has 5 nitrogen and oxygen atoms in total. The van der Waals surface area contributed by atoms with Gasteiger partial charge in [-0.25, -0.2) is 0 Å².